The number of benzene rings is 1. The molecule has 0 saturated heterocycles. The molecule has 17 nitrogen and oxygen atoms in total. The van der Waals surface area contributed by atoms with Crippen LogP contribution in [0.5, 0.6) is 11.6 Å². The highest BCUT2D eigenvalue weighted by Crippen LogP contribution is 2.40. The van der Waals surface area contributed by atoms with E-state index in [0.29, 0.717) is 25.0 Å². The highest BCUT2D eigenvalue weighted by molar-refractivity contribution is 5.94. The van der Waals surface area contributed by atoms with Crippen LogP contribution < -0.4 is 19.7 Å². The molecule has 312 valence electrons. The predicted octanol–water partition coefficient (Wildman–Crippen LogP) is 8.58. The number of aromatic nitrogens is 4. The van der Waals surface area contributed by atoms with Crippen LogP contribution in [0.4, 0.5) is 40.5 Å². The van der Waals surface area contributed by atoms with Crippen molar-refractivity contribution in [3.8, 4) is 11.6 Å². The van der Waals surface area contributed by atoms with Gasteiger partial charge in [-0.25, -0.2) is 32.7 Å². The number of amides is 2. The molecule has 1 fully saturated rings. The molecule has 2 aromatic heterocycles. The molecule has 0 bridgehead atoms. The van der Waals surface area contributed by atoms with Crippen LogP contribution in [-0.2, 0) is 19.7 Å². The topological polar surface area (TPSA) is 199 Å². The van der Waals surface area contributed by atoms with E-state index in [1.807, 2.05) is 20.8 Å². The zero-order valence-corrected chi connectivity index (χ0v) is 33.8. The number of nitrogens with one attached hydrogen (secondary N) is 1. The first-order valence-corrected chi connectivity index (χ1v) is 18.4. The number of nitrogens with zero attached hydrogens (tertiary/aromatic N) is 6. The lowest BCUT2D eigenvalue weighted by Gasteiger charge is -2.30. The summed E-state index contributed by atoms with van der Waals surface area (Å²) < 4.78 is 58.8. The Labute approximate surface area is 329 Å². The predicted molar refractivity (Wildman–Crippen MR) is 202 cm³/mol. The summed E-state index contributed by atoms with van der Waals surface area (Å²) in [4.78, 5) is 58.7. The van der Waals surface area contributed by atoms with Gasteiger partial charge in [0.25, 0.3) is 11.6 Å². The molecule has 4 rings (SSSR count). The third-order valence-corrected chi connectivity index (χ3v) is 8.35. The van der Waals surface area contributed by atoms with Crippen LogP contribution >= 0.6 is 0 Å². The minimum Gasteiger partial charge on any atom is -0.476 e. The molecule has 2 amide bonds. The van der Waals surface area contributed by atoms with Gasteiger partial charge < -0.3 is 29.0 Å². The van der Waals surface area contributed by atoms with Crippen LogP contribution in [0.25, 0.3) is 0 Å². The second-order valence-electron chi connectivity index (χ2n) is 16.6. The number of hydrogen-bond donors (Lipinski definition) is 1. The van der Waals surface area contributed by atoms with Gasteiger partial charge in [0.1, 0.15) is 28.9 Å². The summed E-state index contributed by atoms with van der Waals surface area (Å²) in [6.07, 6.45) is -0.0674. The molecule has 1 saturated carbocycles. The van der Waals surface area contributed by atoms with Crippen molar-refractivity contribution in [2.75, 3.05) is 11.5 Å². The molecule has 0 aliphatic heterocycles. The molecule has 0 radical (unpaired) electrons. The Hall–Kier alpha value is -5.62. The SMILES string of the molecule is C[C@H](NC(=O)OC(C)(C)C)C(F)(F)CCOc1cncc(N(C(=O)OC(C)(C)C)c2cc([C@H]3CC[C@@H](OC(=O)Oc4ccc([N+](=O)[O-])cc4)C3)nn2C(C)(C)C)n1. The van der Waals surface area contributed by atoms with Crippen molar-refractivity contribution >= 4 is 35.7 Å². The Morgan fingerprint density at radius 2 is 1.65 bits per heavy atom. The Bertz CT molecular complexity index is 1900. The molecular weight excluding hydrogens is 752 g/mol. The Morgan fingerprint density at radius 1 is 1.00 bits per heavy atom. The maximum Gasteiger partial charge on any atom is 0.514 e. The first-order chi connectivity index (χ1) is 26.3. The largest absolute Gasteiger partial charge is 0.514 e. The molecule has 3 aromatic rings. The van der Waals surface area contributed by atoms with Crippen molar-refractivity contribution in [3.63, 3.8) is 0 Å². The molecule has 1 N–H and O–H groups in total. The van der Waals surface area contributed by atoms with Gasteiger partial charge in [-0.1, -0.05) is 0 Å². The average Bonchev–Trinajstić information content (AvgIpc) is 3.71. The second-order valence-corrected chi connectivity index (χ2v) is 16.6. The van der Waals surface area contributed by atoms with E-state index in [-0.39, 0.29) is 34.9 Å². The summed E-state index contributed by atoms with van der Waals surface area (Å²) in [6.45, 7) is 16.3. The number of non-ortho nitro benzene ring substituents is 1. The molecule has 57 heavy (non-hydrogen) atoms. The number of anilines is 2. The van der Waals surface area contributed by atoms with Crippen LogP contribution in [0.15, 0.2) is 42.7 Å². The zero-order valence-electron chi connectivity index (χ0n) is 33.8. The smallest absolute Gasteiger partial charge is 0.476 e. The third kappa shape index (κ3) is 12.7. The summed E-state index contributed by atoms with van der Waals surface area (Å²) in [5.74, 6) is -3.39. The van der Waals surface area contributed by atoms with Crippen LogP contribution in [0.2, 0.25) is 0 Å². The standard InChI is InChI=1S/C38H51F2N7O10/c1-23(42-32(48)56-36(5,6)7)38(39,40)17-18-53-30-22-41-21-29(43-30)45(33(49)57-37(8,9)10)31-20-28(44-46(31)35(2,3)4)24-11-14-27(19-24)55-34(50)54-26-15-12-25(13-16-26)47(51)52/h12-13,15-16,20-24,27H,11,14,17-19H2,1-10H3,(H,42,48)/t23-,24-,27+/m0/s1. The molecule has 1 aliphatic carbocycles. The van der Waals surface area contributed by atoms with Gasteiger partial charge in [0.05, 0.1) is 41.2 Å². The number of alkyl halides is 2. The zero-order chi connectivity index (χ0) is 42.5. The molecule has 0 spiro atoms. The van der Waals surface area contributed by atoms with E-state index in [1.54, 1.807) is 52.3 Å². The third-order valence-electron chi connectivity index (χ3n) is 8.35. The van der Waals surface area contributed by atoms with Crippen molar-refractivity contribution in [3.05, 3.63) is 58.5 Å². The molecule has 0 unspecified atom stereocenters. The summed E-state index contributed by atoms with van der Waals surface area (Å²) in [5.41, 5.74) is -2.03. The van der Waals surface area contributed by atoms with Crippen LogP contribution in [0, 0.1) is 10.1 Å². The number of nitro benzene ring substituents is 1. The number of halogens is 2. The number of carbonyl (C=O) groups is 3. The number of nitro groups is 1. The Morgan fingerprint density at radius 3 is 2.25 bits per heavy atom. The molecular formula is C38H51F2N7O10. The second kappa shape index (κ2) is 17.3. The van der Waals surface area contributed by atoms with Gasteiger partial charge in [-0.2, -0.15) is 10.1 Å². The van der Waals surface area contributed by atoms with Crippen LogP contribution in [0.1, 0.15) is 107 Å². The van der Waals surface area contributed by atoms with E-state index in [0.717, 1.165) is 6.92 Å². The average molecular weight is 804 g/mol. The van der Waals surface area contributed by atoms with Gasteiger partial charge in [0.15, 0.2) is 5.82 Å². The number of hydrogen-bond acceptors (Lipinski definition) is 13. The van der Waals surface area contributed by atoms with Gasteiger partial charge in [-0.3, -0.25) is 15.1 Å². The quantitative estimate of drug-likeness (QED) is 0.0601. The fraction of sp³-hybridized carbons (Fsp3) is 0.579. The maximum absolute atomic E-state index is 15.0. The van der Waals surface area contributed by atoms with Gasteiger partial charge in [0, 0.05) is 30.5 Å². The van der Waals surface area contributed by atoms with E-state index in [1.165, 1.54) is 41.6 Å². The number of rotatable bonds is 12. The minimum atomic E-state index is -3.38. The van der Waals surface area contributed by atoms with Gasteiger partial charge in [0.2, 0.25) is 5.88 Å². The van der Waals surface area contributed by atoms with Crippen molar-refractivity contribution in [2.45, 2.75) is 136 Å². The summed E-state index contributed by atoms with van der Waals surface area (Å²) in [6, 6.07) is 5.17. The van der Waals surface area contributed by atoms with Gasteiger partial charge >= 0.3 is 18.3 Å². The minimum absolute atomic E-state index is 0.0351. The molecule has 1 aliphatic rings. The normalized spacial score (nSPS) is 16.6. The molecule has 1 aromatic carbocycles. The molecule has 2 heterocycles. The maximum atomic E-state index is 15.0. The lowest BCUT2D eigenvalue weighted by molar-refractivity contribution is -0.384. The van der Waals surface area contributed by atoms with E-state index in [9.17, 15) is 33.3 Å². The van der Waals surface area contributed by atoms with Crippen molar-refractivity contribution in [1.29, 1.82) is 0 Å². The van der Waals surface area contributed by atoms with Gasteiger partial charge in [-0.05, 0) is 101 Å². The summed E-state index contributed by atoms with van der Waals surface area (Å²) in [5, 5.41) is 18.0. The Balaban J connectivity index is 1.53. The lowest BCUT2D eigenvalue weighted by Crippen LogP contribution is -2.47. The van der Waals surface area contributed by atoms with Crippen molar-refractivity contribution < 1.29 is 51.8 Å². The van der Waals surface area contributed by atoms with E-state index in [4.69, 9.17) is 28.8 Å². The monoisotopic (exact) mass is 803 g/mol. The highest BCUT2D eigenvalue weighted by atomic mass is 19.3. The number of carbonyl (C=O) groups excluding carboxylic acids is 3. The fourth-order valence-corrected chi connectivity index (χ4v) is 5.68. The fourth-order valence-electron chi connectivity index (χ4n) is 5.68. The molecule has 3 atom stereocenters. The first-order valence-electron chi connectivity index (χ1n) is 18.4. The van der Waals surface area contributed by atoms with E-state index < -0.39 is 71.1 Å². The highest BCUT2D eigenvalue weighted by Gasteiger charge is 2.39. The lowest BCUT2D eigenvalue weighted by atomic mass is 10.0. The summed E-state index contributed by atoms with van der Waals surface area (Å²) in [7, 11) is 0. The van der Waals surface area contributed by atoms with E-state index >= 15 is 0 Å². The van der Waals surface area contributed by atoms with Gasteiger partial charge in [-0.15, -0.1) is 0 Å². The summed E-state index contributed by atoms with van der Waals surface area (Å²) >= 11 is 0. The Kier molecular flexibility index (Phi) is 13.3. The number of ether oxygens (including phenoxy) is 5. The molecule has 19 heteroatoms. The van der Waals surface area contributed by atoms with Crippen molar-refractivity contribution in [2.24, 2.45) is 0 Å². The first kappa shape index (κ1) is 44.1. The van der Waals surface area contributed by atoms with Crippen LogP contribution in [-0.4, -0.2) is 78.9 Å². The van der Waals surface area contributed by atoms with Crippen molar-refractivity contribution in [1.82, 2.24) is 25.1 Å². The van der Waals surface area contributed by atoms with E-state index in [2.05, 4.69) is 15.3 Å². The van der Waals surface area contributed by atoms with Crippen LogP contribution in [0.3, 0.4) is 0 Å². The number of alkyl carbamates (subject to hydrolysis) is 1.